The van der Waals surface area contributed by atoms with E-state index in [1.54, 1.807) is 43.0 Å². The molecule has 0 saturated carbocycles. The maximum Gasteiger partial charge on any atom is 0.511 e. The van der Waals surface area contributed by atoms with Crippen LogP contribution in [0.5, 0.6) is 0 Å². The summed E-state index contributed by atoms with van der Waals surface area (Å²) in [4.78, 5) is 56.8. The number of nitrogens with zero attached hydrogens (tertiary/aromatic N) is 1. The molecule has 0 radical (unpaired) electrons. The first-order chi connectivity index (χ1) is 18.3. The number of benzene rings is 1. The van der Waals surface area contributed by atoms with Gasteiger partial charge in [-0.05, 0) is 43.9 Å². The fourth-order valence-corrected chi connectivity index (χ4v) is 4.72. The Morgan fingerprint density at radius 3 is 2.30 bits per heavy atom. The molecule has 1 fully saturated rings. The first kappa shape index (κ1) is 33.8. The van der Waals surface area contributed by atoms with Crippen LogP contribution >= 0.6 is 19.4 Å². The molecule has 0 spiro atoms. The number of carbonyl (C=O) groups is 3. The number of ether oxygens (including phenoxy) is 2. The molecule has 1 aromatic rings. The van der Waals surface area contributed by atoms with Crippen molar-refractivity contribution >= 4 is 37.5 Å². The van der Waals surface area contributed by atoms with Gasteiger partial charge < -0.3 is 39.9 Å². The highest BCUT2D eigenvalue weighted by Gasteiger charge is 2.50. The molecular formula is C25H39ClN3O10P. The van der Waals surface area contributed by atoms with Crippen LogP contribution in [0.15, 0.2) is 24.3 Å². The number of phosphoric acid groups is 1. The standard InChI is InChI=1S/C25H39ClN3O10P/c1-16(2)19(28-21(31)27-13-24(5,6)39-22(32)37-15-38-40(34,35)36)20(30)29-12-11-25(33,23(3,4)14-29)17-7-9-18(26)10-8-17/h7-10,16,19,33H,11-15H2,1-6H3,(H2,27,28,31)(H2,34,35,36)/t19?,25-/m0/s1. The van der Waals surface area contributed by atoms with Gasteiger partial charge in [0, 0.05) is 23.5 Å². The number of aliphatic hydroxyl groups is 1. The zero-order valence-electron chi connectivity index (χ0n) is 23.5. The van der Waals surface area contributed by atoms with E-state index in [-0.39, 0.29) is 31.5 Å². The predicted octanol–water partition coefficient (Wildman–Crippen LogP) is 3.11. The monoisotopic (exact) mass is 607 g/mol. The number of hydrogen-bond donors (Lipinski definition) is 5. The van der Waals surface area contributed by atoms with Crippen LogP contribution in [-0.4, -0.2) is 76.0 Å². The molecule has 40 heavy (non-hydrogen) atoms. The number of halogens is 1. The first-order valence-electron chi connectivity index (χ1n) is 12.6. The van der Waals surface area contributed by atoms with E-state index < -0.39 is 49.5 Å². The molecule has 226 valence electrons. The van der Waals surface area contributed by atoms with Crippen LogP contribution in [-0.2, 0) is 29.0 Å². The second kappa shape index (κ2) is 13.1. The average molecular weight is 608 g/mol. The normalized spacial score (nSPS) is 20.0. The van der Waals surface area contributed by atoms with E-state index in [0.717, 1.165) is 5.56 Å². The minimum Gasteiger partial charge on any atom is -0.426 e. The molecule has 3 amide bonds. The maximum absolute atomic E-state index is 13.5. The number of likely N-dealkylation sites (tertiary alicyclic amines) is 1. The summed E-state index contributed by atoms with van der Waals surface area (Å²) in [5, 5.41) is 17.4. The van der Waals surface area contributed by atoms with Crippen molar-refractivity contribution in [2.24, 2.45) is 11.3 Å². The Morgan fingerprint density at radius 1 is 1.18 bits per heavy atom. The highest BCUT2D eigenvalue weighted by Crippen LogP contribution is 2.46. The molecule has 1 aliphatic heterocycles. The Morgan fingerprint density at radius 2 is 1.77 bits per heavy atom. The SMILES string of the molecule is CC(C)C(NC(=O)NCC(C)(C)OC(=O)OCOP(=O)(O)O)C(=O)N1CC[C@](O)(c2ccc(Cl)cc2)C(C)(C)C1. The Balaban J connectivity index is 1.96. The molecule has 2 rings (SSSR count). The number of phosphoric ester groups is 1. The fraction of sp³-hybridized carbons (Fsp3) is 0.640. The number of hydrogen-bond acceptors (Lipinski definition) is 8. The topological polar surface area (TPSA) is 184 Å². The zero-order chi connectivity index (χ0) is 30.5. The van der Waals surface area contributed by atoms with E-state index in [0.29, 0.717) is 11.4 Å². The van der Waals surface area contributed by atoms with Crippen molar-refractivity contribution in [2.45, 2.75) is 65.2 Å². The van der Waals surface area contributed by atoms with Gasteiger partial charge >= 0.3 is 20.0 Å². The highest BCUT2D eigenvalue weighted by molar-refractivity contribution is 7.46. The summed E-state index contributed by atoms with van der Waals surface area (Å²) in [6, 6.07) is 5.47. The van der Waals surface area contributed by atoms with Crippen molar-refractivity contribution in [2.75, 3.05) is 26.4 Å². The molecule has 5 N–H and O–H groups in total. The van der Waals surface area contributed by atoms with Gasteiger partial charge in [0.1, 0.15) is 11.6 Å². The lowest BCUT2D eigenvalue weighted by molar-refractivity contribution is -0.155. The van der Waals surface area contributed by atoms with E-state index in [1.807, 2.05) is 13.8 Å². The lowest BCUT2D eigenvalue weighted by atomic mass is 9.66. The Hall–Kier alpha value is -2.41. The van der Waals surface area contributed by atoms with Gasteiger partial charge in [-0.25, -0.2) is 18.7 Å². The second-order valence-electron chi connectivity index (χ2n) is 11.3. The van der Waals surface area contributed by atoms with Gasteiger partial charge in [-0.2, -0.15) is 0 Å². The summed E-state index contributed by atoms with van der Waals surface area (Å²) in [6.45, 7) is 9.66. The van der Waals surface area contributed by atoms with Gasteiger partial charge in [0.05, 0.1) is 12.1 Å². The highest BCUT2D eigenvalue weighted by atomic mass is 35.5. The fourth-order valence-electron chi connectivity index (χ4n) is 4.40. The van der Waals surface area contributed by atoms with E-state index in [1.165, 1.54) is 13.8 Å². The van der Waals surface area contributed by atoms with Crippen LogP contribution in [0, 0.1) is 11.3 Å². The molecule has 1 aromatic carbocycles. The number of piperidine rings is 1. The van der Waals surface area contributed by atoms with Gasteiger partial charge in [-0.15, -0.1) is 0 Å². The molecular weight excluding hydrogens is 569 g/mol. The van der Waals surface area contributed by atoms with Gasteiger partial charge in [0.25, 0.3) is 0 Å². The lowest BCUT2D eigenvalue weighted by Crippen LogP contribution is -2.61. The van der Waals surface area contributed by atoms with Crippen LogP contribution in [0.3, 0.4) is 0 Å². The van der Waals surface area contributed by atoms with Crippen molar-refractivity contribution < 1.29 is 47.8 Å². The molecule has 0 bridgehead atoms. The molecule has 1 aliphatic rings. The quantitative estimate of drug-likeness (QED) is 0.150. The smallest absolute Gasteiger partial charge is 0.426 e. The Bertz CT molecular complexity index is 1110. The second-order valence-corrected chi connectivity index (χ2v) is 13.0. The zero-order valence-corrected chi connectivity index (χ0v) is 25.1. The van der Waals surface area contributed by atoms with Crippen molar-refractivity contribution in [1.29, 1.82) is 0 Å². The van der Waals surface area contributed by atoms with E-state index >= 15 is 0 Å². The number of amides is 3. The molecule has 0 aromatic heterocycles. The number of rotatable bonds is 10. The van der Waals surface area contributed by atoms with E-state index in [9.17, 15) is 24.1 Å². The summed E-state index contributed by atoms with van der Waals surface area (Å²) in [6.07, 6.45) is -0.965. The average Bonchev–Trinajstić information content (AvgIpc) is 2.81. The van der Waals surface area contributed by atoms with E-state index in [4.69, 9.17) is 26.1 Å². The predicted molar refractivity (Wildman–Crippen MR) is 145 cm³/mol. The van der Waals surface area contributed by atoms with Gasteiger partial charge in [-0.1, -0.05) is 51.4 Å². The molecule has 1 saturated heterocycles. The van der Waals surface area contributed by atoms with Gasteiger partial charge in [0.15, 0.2) is 0 Å². The third kappa shape index (κ3) is 9.32. The van der Waals surface area contributed by atoms with Crippen molar-refractivity contribution in [3.05, 3.63) is 34.9 Å². The Labute approximate surface area is 238 Å². The summed E-state index contributed by atoms with van der Waals surface area (Å²) in [5.41, 5.74) is -2.43. The van der Waals surface area contributed by atoms with Crippen LogP contribution in [0.4, 0.5) is 9.59 Å². The van der Waals surface area contributed by atoms with Gasteiger partial charge in [-0.3, -0.25) is 4.79 Å². The third-order valence-corrected chi connectivity index (χ3v) is 7.43. The number of urea groups is 1. The summed E-state index contributed by atoms with van der Waals surface area (Å²) < 4.78 is 24.1. The van der Waals surface area contributed by atoms with Crippen LogP contribution in [0.25, 0.3) is 0 Å². The Kier molecular flexibility index (Phi) is 11.0. The molecule has 13 nitrogen and oxygen atoms in total. The molecule has 0 aliphatic carbocycles. The summed E-state index contributed by atoms with van der Waals surface area (Å²) in [7, 11) is -4.82. The molecule has 1 unspecified atom stereocenters. The van der Waals surface area contributed by atoms with E-state index in [2.05, 4.69) is 19.9 Å². The number of carbonyl (C=O) groups excluding carboxylic acids is 3. The summed E-state index contributed by atoms with van der Waals surface area (Å²) >= 11 is 6.01. The minimum absolute atomic E-state index is 0.169. The van der Waals surface area contributed by atoms with Gasteiger partial charge in [0.2, 0.25) is 12.7 Å². The molecule has 2 atom stereocenters. The van der Waals surface area contributed by atoms with Crippen molar-refractivity contribution in [3.63, 3.8) is 0 Å². The lowest BCUT2D eigenvalue weighted by Gasteiger charge is -2.51. The third-order valence-electron chi connectivity index (χ3n) is 6.73. The first-order valence-corrected chi connectivity index (χ1v) is 14.5. The van der Waals surface area contributed by atoms with Crippen LogP contribution < -0.4 is 10.6 Å². The number of nitrogens with one attached hydrogen (secondary N) is 2. The maximum atomic E-state index is 13.5. The van der Waals surface area contributed by atoms with Crippen molar-refractivity contribution in [3.8, 4) is 0 Å². The summed E-state index contributed by atoms with van der Waals surface area (Å²) in [5.74, 6) is -0.549. The molecule has 1 heterocycles. The van der Waals surface area contributed by atoms with Crippen LogP contribution in [0.2, 0.25) is 5.02 Å². The largest absolute Gasteiger partial charge is 0.511 e. The van der Waals surface area contributed by atoms with Crippen LogP contribution in [0.1, 0.15) is 53.5 Å². The molecule has 15 heteroatoms. The van der Waals surface area contributed by atoms with Crippen molar-refractivity contribution in [1.82, 2.24) is 15.5 Å². The minimum atomic E-state index is -4.82.